The topological polar surface area (TPSA) is 115 Å². The van der Waals surface area contributed by atoms with Crippen LogP contribution in [0.3, 0.4) is 0 Å². The number of aromatic hydroxyl groups is 1. The van der Waals surface area contributed by atoms with Crippen molar-refractivity contribution in [2.24, 2.45) is 4.99 Å². The highest BCUT2D eigenvalue weighted by atomic mass is 35.5. The second kappa shape index (κ2) is 10.8. The number of benzene rings is 3. The summed E-state index contributed by atoms with van der Waals surface area (Å²) in [5.74, 6) is -0.246. The molecule has 0 aliphatic rings. The van der Waals surface area contributed by atoms with Gasteiger partial charge in [-0.15, -0.1) is 0 Å². The van der Waals surface area contributed by atoms with Gasteiger partial charge in [0.15, 0.2) is 5.88 Å². The minimum absolute atomic E-state index is 0.0385. The number of amides is 1. The highest BCUT2D eigenvalue weighted by Gasteiger charge is 2.23. The summed E-state index contributed by atoms with van der Waals surface area (Å²) in [4.78, 5) is 34.5. The van der Waals surface area contributed by atoms with Gasteiger partial charge in [0.2, 0.25) is 5.91 Å². The third-order valence-corrected chi connectivity index (χ3v) is 6.18. The number of carbonyl (C=O) groups excluding carboxylic acids is 1. The Morgan fingerprint density at radius 1 is 1.08 bits per heavy atom. The number of nitro benzene ring substituents is 1. The molecule has 1 amide bonds. The number of likely N-dealkylation sites (N-methyl/N-ethyl adjacent to an activating group) is 1. The van der Waals surface area contributed by atoms with Crippen molar-refractivity contribution in [3.63, 3.8) is 0 Å². The van der Waals surface area contributed by atoms with E-state index in [0.29, 0.717) is 46.5 Å². The van der Waals surface area contributed by atoms with E-state index in [1.54, 1.807) is 17.0 Å². The van der Waals surface area contributed by atoms with Gasteiger partial charge >= 0.3 is 0 Å². The number of halogens is 1. The maximum Gasteiger partial charge on any atom is 0.288 e. The van der Waals surface area contributed by atoms with Gasteiger partial charge < -0.3 is 19.9 Å². The number of aromatic nitrogens is 1. The highest BCUT2D eigenvalue weighted by molar-refractivity contribution is 6.34. The Hall–Kier alpha value is -4.21. The molecule has 190 valence electrons. The SMILES string of the molecule is CC(=O)N(CCN(C)C)c1ccc(N=C(c2ccccc2)c2c(O)[nH]c3cc(Cl)c([N+](=O)[O-])cc23)cc1. The van der Waals surface area contributed by atoms with Crippen molar-refractivity contribution in [1.82, 2.24) is 9.88 Å². The Bertz CT molecular complexity index is 1480. The second-order valence-corrected chi connectivity index (χ2v) is 9.18. The van der Waals surface area contributed by atoms with Crippen molar-refractivity contribution in [3.8, 4) is 5.88 Å². The van der Waals surface area contributed by atoms with Crippen LogP contribution in [-0.2, 0) is 4.79 Å². The Morgan fingerprint density at radius 2 is 1.76 bits per heavy atom. The van der Waals surface area contributed by atoms with Crippen molar-refractivity contribution < 1.29 is 14.8 Å². The van der Waals surface area contributed by atoms with Gasteiger partial charge in [0.1, 0.15) is 5.02 Å². The molecule has 1 heterocycles. The summed E-state index contributed by atoms with van der Waals surface area (Å²) in [5.41, 5.74) is 2.95. The van der Waals surface area contributed by atoms with Crippen LogP contribution in [-0.4, -0.2) is 58.7 Å². The van der Waals surface area contributed by atoms with Crippen LogP contribution < -0.4 is 4.90 Å². The zero-order valence-corrected chi connectivity index (χ0v) is 21.4. The molecule has 0 fully saturated rings. The van der Waals surface area contributed by atoms with E-state index in [4.69, 9.17) is 16.6 Å². The zero-order chi connectivity index (χ0) is 26.7. The number of nitro groups is 1. The standard InChI is InChI=1S/C27H26ClN5O4/c1-17(34)32(14-13-31(2)3)20-11-9-19(10-12-20)29-26(18-7-5-4-6-8-18)25-21-15-24(33(36)37)22(28)16-23(21)30-27(25)35/h4-12,15-16,30,35H,13-14H2,1-3H3. The summed E-state index contributed by atoms with van der Waals surface area (Å²) in [7, 11) is 3.90. The molecule has 1 aromatic heterocycles. The molecule has 0 saturated carbocycles. The quantitative estimate of drug-likeness (QED) is 0.181. The van der Waals surface area contributed by atoms with Crippen molar-refractivity contribution in [2.75, 3.05) is 32.1 Å². The first-order chi connectivity index (χ1) is 17.7. The van der Waals surface area contributed by atoms with Crippen LogP contribution in [0.1, 0.15) is 18.1 Å². The number of aliphatic imine (C=N–C) groups is 1. The number of hydrogen-bond acceptors (Lipinski definition) is 6. The van der Waals surface area contributed by atoms with E-state index in [1.165, 1.54) is 19.1 Å². The molecule has 10 heteroatoms. The van der Waals surface area contributed by atoms with Gasteiger partial charge in [-0.2, -0.15) is 0 Å². The maximum atomic E-state index is 12.2. The van der Waals surface area contributed by atoms with Gasteiger partial charge in [-0.3, -0.25) is 14.9 Å². The summed E-state index contributed by atoms with van der Waals surface area (Å²) in [5, 5.41) is 22.7. The Morgan fingerprint density at radius 3 is 2.35 bits per heavy atom. The number of rotatable bonds is 8. The Labute approximate surface area is 218 Å². The number of carbonyl (C=O) groups is 1. The average Bonchev–Trinajstić information content (AvgIpc) is 3.17. The molecule has 0 bridgehead atoms. The van der Waals surface area contributed by atoms with E-state index in [0.717, 1.165) is 5.69 Å². The predicted octanol–water partition coefficient (Wildman–Crippen LogP) is 5.52. The number of nitrogens with zero attached hydrogens (tertiary/aromatic N) is 4. The van der Waals surface area contributed by atoms with Gasteiger partial charge in [0, 0.05) is 42.7 Å². The lowest BCUT2D eigenvalue weighted by Crippen LogP contribution is -2.35. The molecule has 0 radical (unpaired) electrons. The van der Waals surface area contributed by atoms with Crippen molar-refractivity contribution in [3.05, 3.63) is 93.0 Å². The first-order valence-corrected chi connectivity index (χ1v) is 11.9. The van der Waals surface area contributed by atoms with Crippen LogP contribution >= 0.6 is 11.6 Å². The number of fused-ring (bicyclic) bond motifs is 1. The molecular weight excluding hydrogens is 494 g/mol. The summed E-state index contributed by atoms with van der Waals surface area (Å²) >= 11 is 6.08. The predicted molar refractivity (Wildman–Crippen MR) is 146 cm³/mol. The molecule has 4 aromatic rings. The number of nitrogens with one attached hydrogen (secondary N) is 1. The van der Waals surface area contributed by atoms with Crippen LogP contribution in [0.2, 0.25) is 5.02 Å². The fourth-order valence-electron chi connectivity index (χ4n) is 4.03. The number of hydrogen-bond donors (Lipinski definition) is 2. The van der Waals surface area contributed by atoms with Crippen molar-refractivity contribution >= 4 is 51.2 Å². The maximum absolute atomic E-state index is 12.2. The Balaban J connectivity index is 1.83. The van der Waals surface area contributed by atoms with Gasteiger partial charge in [-0.25, -0.2) is 4.99 Å². The van der Waals surface area contributed by atoms with Crippen LogP contribution in [0.25, 0.3) is 10.9 Å². The monoisotopic (exact) mass is 519 g/mol. The van der Waals surface area contributed by atoms with Gasteiger partial charge in [0.05, 0.1) is 27.4 Å². The molecule has 3 aromatic carbocycles. The van der Waals surface area contributed by atoms with Gasteiger partial charge in [-0.05, 0) is 44.4 Å². The number of H-pyrrole nitrogens is 1. The molecule has 0 spiro atoms. The fourth-order valence-corrected chi connectivity index (χ4v) is 4.27. The first kappa shape index (κ1) is 25.9. The molecule has 0 unspecified atom stereocenters. The van der Waals surface area contributed by atoms with Crippen LogP contribution in [0.4, 0.5) is 17.1 Å². The summed E-state index contributed by atoms with van der Waals surface area (Å²) in [6, 6.07) is 19.2. The fraction of sp³-hybridized carbons (Fsp3) is 0.185. The molecular formula is C27H26ClN5O4. The summed E-state index contributed by atoms with van der Waals surface area (Å²) < 4.78 is 0. The summed E-state index contributed by atoms with van der Waals surface area (Å²) in [6.45, 7) is 2.79. The first-order valence-electron chi connectivity index (χ1n) is 11.5. The van der Waals surface area contributed by atoms with Gasteiger partial charge in [-0.1, -0.05) is 41.9 Å². The number of anilines is 1. The van der Waals surface area contributed by atoms with E-state index in [-0.39, 0.29) is 22.5 Å². The van der Waals surface area contributed by atoms with Gasteiger partial charge in [0.25, 0.3) is 5.69 Å². The van der Waals surface area contributed by atoms with E-state index < -0.39 is 4.92 Å². The van der Waals surface area contributed by atoms with E-state index in [9.17, 15) is 20.0 Å². The average molecular weight is 520 g/mol. The molecule has 4 rings (SSSR count). The van der Waals surface area contributed by atoms with Crippen LogP contribution in [0, 0.1) is 10.1 Å². The molecule has 0 saturated heterocycles. The van der Waals surface area contributed by atoms with Crippen molar-refractivity contribution in [2.45, 2.75) is 6.92 Å². The van der Waals surface area contributed by atoms with E-state index in [1.807, 2.05) is 61.5 Å². The molecule has 37 heavy (non-hydrogen) atoms. The summed E-state index contributed by atoms with van der Waals surface area (Å²) in [6.07, 6.45) is 0. The van der Waals surface area contributed by atoms with E-state index in [2.05, 4.69) is 4.98 Å². The van der Waals surface area contributed by atoms with Crippen molar-refractivity contribution in [1.29, 1.82) is 0 Å². The largest absolute Gasteiger partial charge is 0.494 e. The molecule has 2 N–H and O–H groups in total. The van der Waals surface area contributed by atoms with Crippen LogP contribution in [0.15, 0.2) is 71.7 Å². The Kier molecular flexibility index (Phi) is 7.56. The minimum atomic E-state index is -0.565. The van der Waals surface area contributed by atoms with Crippen LogP contribution in [0.5, 0.6) is 5.88 Å². The third-order valence-electron chi connectivity index (χ3n) is 5.88. The molecule has 0 atom stereocenters. The lowest BCUT2D eigenvalue weighted by molar-refractivity contribution is -0.384. The second-order valence-electron chi connectivity index (χ2n) is 8.77. The molecule has 9 nitrogen and oxygen atoms in total. The highest BCUT2D eigenvalue weighted by Crippen LogP contribution is 2.37. The lowest BCUT2D eigenvalue weighted by atomic mass is 10.0. The minimum Gasteiger partial charge on any atom is -0.494 e. The molecule has 0 aliphatic heterocycles. The lowest BCUT2D eigenvalue weighted by Gasteiger charge is -2.23. The third kappa shape index (κ3) is 5.63. The molecule has 0 aliphatic carbocycles. The zero-order valence-electron chi connectivity index (χ0n) is 20.6. The number of aromatic amines is 1. The van der Waals surface area contributed by atoms with E-state index >= 15 is 0 Å². The normalized spacial score (nSPS) is 11.8. The smallest absolute Gasteiger partial charge is 0.288 e.